The fourth-order valence-corrected chi connectivity index (χ4v) is 2.72. The molecule has 1 amide bonds. The van der Waals surface area contributed by atoms with Gasteiger partial charge in [-0.25, -0.2) is 27.1 Å². The van der Waals surface area contributed by atoms with Gasteiger partial charge in [-0.15, -0.1) is 0 Å². The molecule has 27 heavy (non-hydrogen) atoms. The molecule has 0 aliphatic carbocycles. The van der Waals surface area contributed by atoms with E-state index in [9.17, 15) is 26.8 Å². The largest absolute Gasteiger partial charge is 0.452 e. The average molecular weight is 398 g/mol. The maximum absolute atomic E-state index is 13.5. The fourth-order valence-electron chi connectivity index (χ4n) is 2.21. The maximum Gasteiger partial charge on any atom is 0.344 e. The Hall–Kier alpha value is -2.85. The van der Waals surface area contributed by atoms with Gasteiger partial charge in [0.15, 0.2) is 6.61 Å². The third-order valence-electron chi connectivity index (χ3n) is 3.59. The Morgan fingerprint density at radius 2 is 1.67 bits per heavy atom. The number of esters is 1. The number of nitrogens with two attached hydrogens (primary N) is 1. The summed E-state index contributed by atoms with van der Waals surface area (Å²) < 4.78 is 54.0. The monoisotopic (exact) mass is 398 g/mol. The Labute approximate surface area is 154 Å². The van der Waals surface area contributed by atoms with Crippen LogP contribution in [-0.4, -0.2) is 26.9 Å². The smallest absolute Gasteiger partial charge is 0.344 e. The lowest BCUT2D eigenvalue weighted by Gasteiger charge is -2.15. The Balaban J connectivity index is 1.94. The molecule has 0 spiro atoms. The van der Waals surface area contributed by atoms with E-state index in [2.05, 4.69) is 10.1 Å². The zero-order valence-corrected chi connectivity index (χ0v) is 14.9. The van der Waals surface area contributed by atoms with Crippen LogP contribution in [0.2, 0.25) is 0 Å². The summed E-state index contributed by atoms with van der Waals surface area (Å²) in [5.41, 5.74) is -0.306. The van der Waals surface area contributed by atoms with Crippen LogP contribution in [0.4, 0.5) is 8.78 Å². The van der Waals surface area contributed by atoms with Gasteiger partial charge in [0, 0.05) is 0 Å². The number of hydrogen-bond donors (Lipinski definition) is 2. The number of ether oxygens (including phenoxy) is 1. The van der Waals surface area contributed by atoms with E-state index in [-0.39, 0.29) is 4.90 Å². The van der Waals surface area contributed by atoms with Crippen LogP contribution in [0.3, 0.4) is 0 Å². The number of amides is 1. The zero-order chi connectivity index (χ0) is 20.2. The van der Waals surface area contributed by atoms with E-state index in [0.29, 0.717) is 5.56 Å². The molecule has 0 aliphatic heterocycles. The van der Waals surface area contributed by atoms with Crippen molar-refractivity contribution < 1.29 is 31.5 Å². The predicted molar refractivity (Wildman–Crippen MR) is 91.0 cm³/mol. The number of carbonyl (C=O) groups is 2. The summed E-state index contributed by atoms with van der Waals surface area (Å²) in [7, 11) is -3.83. The number of benzene rings is 2. The standard InChI is InChI=1S/C17H16F2N2O5S/c1-10(11-5-7-12(8-6-11)27(20,24)25)21-15(22)9-26-17(23)16-13(18)3-2-4-14(16)19/h2-8,10H,9H2,1H3,(H,21,22)(H2,20,24,25)/t10-/m1/s1. The van der Waals surface area contributed by atoms with Crippen LogP contribution in [0.5, 0.6) is 0 Å². The molecule has 0 fully saturated rings. The molecule has 0 aromatic heterocycles. The summed E-state index contributed by atoms with van der Waals surface area (Å²) in [6.07, 6.45) is 0. The van der Waals surface area contributed by atoms with Crippen molar-refractivity contribution >= 4 is 21.9 Å². The molecule has 2 aromatic carbocycles. The average Bonchev–Trinajstić information content (AvgIpc) is 2.59. The third kappa shape index (κ3) is 5.31. The van der Waals surface area contributed by atoms with Gasteiger partial charge in [0.25, 0.3) is 5.91 Å². The molecule has 2 aromatic rings. The highest BCUT2D eigenvalue weighted by atomic mass is 32.2. The fraction of sp³-hybridized carbons (Fsp3) is 0.176. The van der Waals surface area contributed by atoms with Crippen molar-refractivity contribution in [2.24, 2.45) is 5.14 Å². The highest BCUT2D eigenvalue weighted by Gasteiger charge is 2.20. The van der Waals surface area contributed by atoms with Gasteiger partial charge in [0.1, 0.15) is 17.2 Å². The topological polar surface area (TPSA) is 116 Å². The number of primary sulfonamides is 1. The molecule has 144 valence electrons. The quantitative estimate of drug-likeness (QED) is 0.718. The van der Waals surface area contributed by atoms with Gasteiger partial charge in [-0.05, 0) is 36.8 Å². The van der Waals surface area contributed by atoms with Gasteiger partial charge in [-0.1, -0.05) is 18.2 Å². The first-order valence-electron chi connectivity index (χ1n) is 7.63. The number of nitrogens with one attached hydrogen (secondary N) is 1. The van der Waals surface area contributed by atoms with Crippen molar-refractivity contribution in [1.29, 1.82) is 0 Å². The Morgan fingerprint density at radius 3 is 2.19 bits per heavy atom. The lowest BCUT2D eigenvalue weighted by molar-refractivity contribution is -0.124. The highest BCUT2D eigenvalue weighted by Crippen LogP contribution is 2.16. The van der Waals surface area contributed by atoms with Crippen LogP contribution in [0.25, 0.3) is 0 Å². The Morgan fingerprint density at radius 1 is 1.11 bits per heavy atom. The van der Waals surface area contributed by atoms with Crippen LogP contribution >= 0.6 is 0 Å². The first-order valence-corrected chi connectivity index (χ1v) is 9.17. The molecule has 2 rings (SSSR count). The van der Waals surface area contributed by atoms with Crippen molar-refractivity contribution in [3.63, 3.8) is 0 Å². The van der Waals surface area contributed by atoms with Gasteiger partial charge in [-0.2, -0.15) is 0 Å². The highest BCUT2D eigenvalue weighted by molar-refractivity contribution is 7.89. The SMILES string of the molecule is C[C@@H](NC(=O)COC(=O)c1c(F)cccc1F)c1ccc(S(N)(=O)=O)cc1. The van der Waals surface area contributed by atoms with Crippen LogP contribution in [0.1, 0.15) is 28.9 Å². The maximum atomic E-state index is 13.5. The van der Waals surface area contributed by atoms with Crippen LogP contribution < -0.4 is 10.5 Å². The molecule has 0 aliphatic rings. The number of hydrogen-bond acceptors (Lipinski definition) is 5. The molecular formula is C17H16F2N2O5S. The summed E-state index contributed by atoms with van der Waals surface area (Å²) in [5.74, 6) is -4.19. The summed E-state index contributed by atoms with van der Waals surface area (Å²) >= 11 is 0. The molecule has 0 radical (unpaired) electrons. The molecule has 10 heteroatoms. The first-order chi connectivity index (χ1) is 12.6. The summed E-state index contributed by atoms with van der Waals surface area (Å²) in [6, 6.07) is 7.84. The van der Waals surface area contributed by atoms with Crippen molar-refractivity contribution in [2.45, 2.75) is 17.9 Å². The lowest BCUT2D eigenvalue weighted by Crippen LogP contribution is -2.31. The second kappa shape index (κ2) is 8.23. The molecule has 0 unspecified atom stereocenters. The first kappa shape index (κ1) is 20.5. The summed E-state index contributed by atoms with van der Waals surface area (Å²) in [4.78, 5) is 23.5. The van der Waals surface area contributed by atoms with Crippen LogP contribution in [-0.2, 0) is 19.6 Å². The molecule has 0 saturated heterocycles. The number of sulfonamides is 1. The molecular weight excluding hydrogens is 382 g/mol. The van der Waals surface area contributed by atoms with Crippen LogP contribution in [0, 0.1) is 11.6 Å². The Bertz CT molecular complexity index is 942. The van der Waals surface area contributed by atoms with Gasteiger partial charge < -0.3 is 10.1 Å². The Kier molecular flexibility index (Phi) is 6.24. The minimum Gasteiger partial charge on any atom is -0.452 e. The summed E-state index contributed by atoms with van der Waals surface area (Å²) in [6.45, 7) is 0.869. The van der Waals surface area contributed by atoms with E-state index in [0.717, 1.165) is 18.2 Å². The van der Waals surface area contributed by atoms with Crippen molar-refractivity contribution in [1.82, 2.24) is 5.32 Å². The molecule has 0 saturated carbocycles. The van der Waals surface area contributed by atoms with Crippen molar-refractivity contribution in [3.8, 4) is 0 Å². The van der Waals surface area contributed by atoms with Crippen LogP contribution in [0.15, 0.2) is 47.4 Å². The normalized spacial score (nSPS) is 12.3. The zero-order valence-electron chi connectivity index (χ0n) is 14.1. The molecule has 0 bridgehead atoms. The third-order valence-corrected chi connectivity index (χ3v) is 4.52. The minimum atomic E-state index is -3.83. The number of rotatable bonds is 6. The molecule has 0 heterocycles. The number of carbonyl (C=O) groups excluding carboxylic acids is 2. The van der Waals surface area contributed by atoms with E-state index >= 15 is 0 Å². The van der Waals surface area contributed by atoms with Crippen molar-refractivity contribution in [3.05, 3.63) is 65.2 Å². The minimum absolute atomic E-state index is 0.0781. The van der Waals surface area contributed by atoms with E-state index < -0.39 is 51.7 Å². The van der Waals surface area contributed by atoms with E-state index in [4.69, 9.17) is 5.14 Å². The second-order valence-electron chi connectivity index (χ2n) is 5.58. The van der Waals surface area contributed by atoms with Gasteiger partial charge in [0.05, 0.1) is 10.9 Å². The molecule has 7 nitrogen and oxygen atoms in total. The number of halogens is 2. The lowest BCUT2D eigenvalue weighted by atomic mass is 10.1. The summed E-state index contributed by atoms with van der Waals surface area (Å²) in [5, 5.41) is 7.51. The molecule has 1 atom stereocenters. The van der Waals surface area contributed by atoms with Gasteiger partial charge in [-0.3, -0.25) is 4.79 Å². The van der Waals surface area contributed by atoms with Gasteiger partial charge in [0.2, 0.25) is 10.0 Å². The molecule has 3 N–H and O–H groups in total. The van der Waals surface area contributed by atoms with E-state index in [1.165, 1.54) is 24.3 Å². The van der Waals surface area contributed by atoms with E-state index in [1.54, 1.807) is 6.92 Å². The second-order valence-corrected chi connectivity index (χ2v) is 7.14. The van der Waals surface area contributed by atoms with Gasteiger partial charge >= 0.3 is 5.97 Å². The predicted octanol–water partition coefficient (Wildman–Crippen LogP) is 1.65. The van der Waals surface area contributed by atoms with Crippen molar-refractivity contribution in [2.75, 3.05) is 6.61 Å². The van der Waals surface area contributed by atoms with E-state index in [1.807, 2.05) is 0 Å².